The molecule has 0 atom stereocenters. The van der Waals surface area contributed by atoms with E-state index < -0.39 is 17.8 Å². The Balaban J connectivity index is 2.46. The van der Waals surface area contributed by atoms with Crippen LogP contribution in [-0.2, 0) is 9.59 Å². The maximum Gasteiger partial charge on any atom is 0.261 e. The van der Waals surface area contributed by atoms with Crippen LogP contribution in [0.4, 0.5) is 5.69 Å². The molecule has 1 aromatic carbocycles. The van der Waals surface area contributed by atoms with Gasteiger partial charge >= 0.3 is 0 Å². The molecule has 0 aromatic heterocycles. The Bertz CT molecular complexity index is 624. The number of nitrogens with zero attached hydrogens (tertiary/aromatic N) is 1. The standard InChI is InChI=1S/C13H10BrNO4/c1-6-7(2)12(17)15(11(6)16)8-3-4-9(13(18)19)10(14)5-8/h3-5H,1-2H3,(H,18,19)/p-1. The van der Waals surface area contributed by atoms with Crippen LogP contribution in [0.3, 0.4) is 0 Å². The van der Waals surface area contributed by atoms with Gasteiger partial charge in [-0.05, 0) is 32.0 Å². The molecule has 19 heavy (non-hydrogen) atoms. The Kier molecular flexibility index (Phi) is 3.28. The smallest absolute Gasteiger partial charge is 0.261 e. The number of hydrogen-bond donors (Lipinski definition) is 0. The molecule has 0 radical (unpaired) electrons. The number of benzene rings is 1. The van der Waals surface area contributed by atoms with Crippen molar-refractivity contribution in [2.75, 3.05) is 4.90 Å². The Morgan fingerprint density at radius 1 is 1.16 bits per heavy atom. The summed E-state index contributed by atoms with van der Waals surface area (Å²) in [5, 5.41) is 10.8. The number of carboxylic acid groups (broad SMARTS) is 1. The third kappa shape index (κ3) is 2.08. The summed E-state index contributed by atoms with van der Waals surface area (Å²) in [6.07, 6.45) is 0. The molecule has 0 N–H and O–H groups in total. The number of carbonyl (C=O) groups is 3. The van der Waals surface area contributed by atoms with Gasteiger partial charge in [-0.15, -0.1) is 0 Å². The fraction of sp³-hybridized carbons (Fsp3) is 0.154. The zero-order chi connectivity index (χ0) is 14.3. The predicted octanol–water partition coefficient (Wildman–Crippen LogP) is 1.02. The lowest BCUT2D eigenvalue weighted by Crippen LogP contribution is -2.31. The Labute approximate surface area is 117 Å². The second-order valence-electron chi connectivity index (χ2n) is 4.15. The number of aromatic carboxylic acids is 1. The molecule has 0 spiro atoms. The molecule has 1 aromatic rings. The SMILES string of the molecule is CC1=C(C)C(=O)N(c2ccc(C(=O)[O-])c(Br)c2)C1=O. The quantitative estimate of drug-likeness (QED) is 0.762. The first-order valence-electron chi connectivity index (χ1n) is 5.41. The first kappa shape index (κ1) is 13.5. The van der Waals surface area contributed by atoms with E-state index >= 15 is 0 Å². The third-order valence-corrected chi connectivity index (χ3v) is 3.70. The summed E-state index contributed by atoms with van der Waals surface area (Å²) in [7, 11) is 0. The van der Waals surface area contributed by atoms with Gasteiger partial charge in [-0.3, -0.25) is 9.59 Å². The molecule has 6 heteroatoms. The van der Waals surface area contributed by atoms with E-state index in [1.54, 1.807) is 13.8 Å². The summed E-state index contributed by atoms with van der Waals surface area (Å²) in [5.41, 5.74) is 1.07. The zero-order valence-electron chi connectivity index (χ0n) is 10.2. The van der Waals surface area contributed by atoms with Crippen molar-refractivity contribution < 1.29 is 19.5 Å². The summed E-state index contributed by atoms with van der Waals surface area (Å²) in [5.74, 6) is -2.12. The van der Waals surface area contributed by atoms with Crippen molar-refractivity contribution in [3.05, 3.63) is 39.4 Å². The van der Waals surface area contributed by atoms with E-state index in [0.717, 1.165) is 4.90 Å². The second-order valence-corrected chi connectivity index (χ2v) is 5.00. The molecular weight excluding hydrogens is 314 g/mol. The third-order valence-electron chi connectivity index (χ3n) is 3.04. The van der Waals surface area contributed by atoms with Gasteiger partial charge in [0.1, 0.15) is 0 Å². The van der Waals surface area contributed by atoms with Gasteiger partial charge < -0.3 is 9.90 Å². The maximum atomic E-state index is 12.0. The summed E-state index contributed by atoms with van der Waals surface area (Å²) in [6, 6.07) is 4.10. The largest absolute Gasteiger partial charge is 0.545 e. The molecular formula is C13H9BrNO4-. The minimum atomic E-state index is -1.33. The Morgan fingerprint density at radius 3 is 2.11 bits per heavy atom. The number of amides is 2. The highest BCUT2D eigenvalue weighted by atomic mass is 79.9. The number of rotatable bonds is 2. The van der Waals surface area contributed by atoms with Crippen LogP contribution in [0.25, 0.3) is 0 Å². The van der Waals surface area contributed by atoms with Crippen molar-refractivity contribution in [3.8, 4) is 0 Å². The summed E-state index contributed by atoms with van der Waals surface area (Å²) < 4.78 is 0.257. The van der Waals surface area contributed by atoms with Crippen LogP contribution in [-0.4, -0.2) is 17.8 Å². The van der Waals surface area contributed by atoms with Crippen molar-refractivity contribution in [3.63, 3.8) is 0 Å². The molecule has 1 aliphatic heterocycles. The van der Waals surface area contributed by atoms with Crippen LogP contribution in [0.2, 0.25) is 0 Å². The lowest BCUT2D eigenvalue weighted by molar-refractivity contribution is -0.255. The van der Waals surface area contributed by atoms with Gasteiger partial charge in [-0.2, -0.15) is 0 Å². The Hall–Kier alpha value is -1.95. The monoisotopic (exact) mass is 322 g/mol. The van der Waals surface area contributed by atoms with Crippen molar-refractivity contribution >= 4 is 39.4 Å². The Morgan fingerprint density at radius 2 is 1.68 bits per heavy atom. The number of carbonyl (C=O) groups excluding carboxylic acids is 3. The highest BCUT2D eigenvalue weighted by Gasteiger charge is 2.34. The molecule has 0 unspecified atom stereocenters. The van der Waals surface area contributed by atoms with E-state index in [1.165, 1.54) is 18.2 Å². The molecule has 0 fully saturated rings. The lowest BCUT2D eigenvalue weighted by atomic mass is 10.2. The zero-order valence-corrected chi connectivity index (χ0v) is 11.8. The van der Waals surface area contributed by atoms with Crippen molar-refractivity contribution in [1.29, 1.82) is 0 Å². The molecule has 0 aliphatic carbocycles. The molecule has 5 nitrogen and oxygen atoms in total. The summed E-state index contributed by atoms with van der Waals surface area (Å²) in [4.78, 5) is 35.7. The highest BCUT2D eigenvalue weighted by molar-refractivity contribution is 9.10. The van der Waals surface area contributed by atoms with Crippen molar-refractivity contribution in [2.45, 2.75) is 13.8 Å². The van der Waals surface area contributed by atoms with Crippen LogP contribution in [0, 0.1) is 0 Å². The molecule has 0 saturated heterocycles. The highest BCUT2D eigenvalue weighted by Crippen LogP contribution is 2.29. The topological polar surface area (TPSA) is 77.5 Å². The number of imide groups is 1. The van der Waals surface area contributed by atoms with E-state index in [0.29, 0.717) is 16.8 Å². The van der Waals surface area contributed by atoms with Gasteiger partial charge in [0, 0.05) is 21.2 Å². The van der Waals surface area contributed by atoms with Crippen LogP contribution >= 0.6 is 15.9 Å². The fourth-order valence-electron chi connectivity index (χ4n) is 1.79. The predicted molar refractivity (Wildman–Crippen MR) is 69.3 cm³/mol. The van der Waals surface area contributed by atoms with Crippen molar-refractivity contribution in [1.82, 2.24) is 0 Å². The van der Waals surface area contributed by atoms with Gasteiger partial charge in [-0.25, -0.2) is 4.90 Å². The molecule has 2 rings (SSSR count). The van der Waals surface area contributed by atoms with Crippen LogP contribution in [0.15, 0.2) is 33.8 Å². The second kappa shape index (κ2) is 4.62. The van der Waals surface area contributed by atoms with Crippen LogP contribution in [0.5, 0.6) is 0 Å². The van der Waals surface area contributed by atoms with E-state index in [1.807, 2.05) is 0 Å². The number of carboxylic acids is 1. The minimum Gasteiger partial charge on any atom is -0.545 e. The normalized spacial score (nSPS) is 15.4. The van der Waals surface area contributed by atoms with Gasteiger partial charge in [0.2, 0.25) is 0 Å². The first-order valence-corrected chi connectivity index (χ1v) is 6.21. The summed E-state index contributed by atoms with van der Waals surface area (Å²) in [6.45, 7) is 3.17. The number of anilines is 1. The van der Waals surface area contributed by atoms with Gasteiger partial charge in [0.25, 0.3) is 11.8 Å². The number of halogens is 1. The minimum absolute atomic E-state index is 0.0377. The van der Waals surface area contributed by atoms with Crippen molar-refractivity contribution in [2.24, 2.45) is 0 Å². The number of hydrogen-bond acceptors (Lipinski definition) is 4. The molecule has 1 heterocycles. The van der Waals surface area contributed by atoms with E-state index in [-0.39, 0.29) is 10.0 Å². The van der Waals surface area contributed by atoms with E-state index in [9.17, 15) is 19.5 Å². The molecule has 0 saturated carbocycles. The summed E-state index contributed by atoms with van der Waals surface area (Å²) >= 11 is 3.08. The van der Waals surface area contributed by atoms with Crippen LogP contribution < -0.4 is 10.0 Å². The molecule has 0 bridgehead atoms. The average Bonchev–Trinajstić information content (AvgIpc) is 2.53. The maximum absolute atomic E-state index is 12.0. The van der Waals surface area contributed by atoms with E-state index in [2.05, 4.69) is 15.9 Å². The van der Waals surface area contributed by atoms with E-state index in [4.69, 9.17) is 0 Å². The first-order chi connectivity index (χ1) is 8.84. The molecule has 2 amide bonds. The molecule has 1 aliphatic rings. The lowest BCUT2D eigenvalue weighted by Gasteiger charge is -2.16. The average molecular weight is 323 g/mol. The van der Waals surface area contributed by atoms with Gasteiger partial charge in [0.15, 0.2) is 0 Å². The van der Waals surface area contributed by atoms with Gasteiger partial charge in [-0.1, -0.05) is 15.9 Å². The molecule has 98 valence electrons. The fourth-order valence-corrected chi connectivity index (χ4v) is 2.32. The van der Waals surface area contributed by atoms with Crippen LogP contribution in [0.1, 0.15) is 24.2 Å². The van der Waals surface area contributed by atoms with Gasteiger partial charge in [0.05, 0.1) is 11.7 Å².